The van der Waals surface area contributed by atoms with Gasteiger partial charge in [-0.3, -0.25) is 0 Å². The summed E-state index contributed by atoms with van der Waals surface area (Å²) < 4.78 is 4.91. The molecule has 1 aromatic rings. The molecule has 0 unspecified atom stereocenters. The lowest BCUT2D eigenvalue weighted by atomic mass is 10.1. The van der Waals surface area contributed by atoms with Gasteiger partial charge >= 0.3 is 5.97 Å². The highest BCUT2D eigenvalue weighted by molar-refractivity contribution is 9.08. The number of alkyl halides is 1. The summed E-state index contributed by atoms with van der Waals surface area (Å²) >= 11 is 9.33. The SMILES string of the molecule is CCOC(=O)c1cc(CBr)c(C)cc1Cl. The second-order valence-corrected chi connectivity index (χ2v) is 4.08. The van der Waals surface area contributed by atoms with Crippen LogP contribution in [0.3, 0.4) is 0 Å². The molecule has 0 aliphatic heterocycles. The van der Waals surface area contributed by atoms with Gasteiger partial charge in [0.1, 0.15) is 0 Å². The Morgan fingerprint density at radius 1 is 1.53 bits per heavy atom. The molecule has 0 aromatic heterocycles. The van der Waals surface area contributed by atoms with Crippen LogP contribution in [0.15, 0.2) is 12.1 Å². The van der Waals surface area contributed by atoms with Crippen molar-refractivity contribution in [1.29, 1.82) is 0 Å². The van der Waals surface area contributed by atoms with E-state index in [-0.39, 0.29) is 5.97 Å². The van der Waals surface area contributed by atoms with E-state index in [4.69, 9.17) is 16.3 Å². The highest BCUT2D eigenvalue weighted by Crippen LogP contribution is 2.23. The first-order valence-corrected chi connectivity index (χ1v) is 6.12. The van der Waals surface area contributed by atoms with E-state index in [0.717, 1.165) is 11.1 Å². The highest BCUT2D eigenvalue weighted by atomic mass is 79.9. The molecule has 1 rings (SSSR count). The molecule has 0 radical (unpaired) electrons. The minimum atomic E-state index is -0.371. The third-order valence-corrected chi connectivity index (χ3v) is 2.98. The Morgan fingerprint density at radius 3 is 2.73 bits per heavy atom. The van der Waals surface area contributed by atoms with Crippen LogP contribution in [-0.2, 0) is 10.1 Å². The number of halogens is 2. The molecule has 0 aliphatic rings. The van der Waals surface area contributed by atoms with Gasteiger partial charge in [0.25, 0.3) is 0 Å². The molecule has 0 spiro atoms. The Labute approximate surface area is 103 Å². The molecule has 1 aromatic carbocycles. The van der Waals surface area contributed by atoms with Crippen molar-refractivity contribution >= 4 is 33.5 Å². The maximum Gasteiger partial charge on any atom is 0.339 e. The third kappa shape index (κ3) is 2.95. The average molecular weight is 292 g/mol. The number of hydrogen-bond donors (Lipinski definition) is 0. The van der Waals surface area contributed by atoms with Gasteiger partial charge in [-0.05, 0) is 37.1 Å². The Balaban J connectivity index is 3.12. The summed E-state index contributed by atoms with van der Waals surface area (Å²) in [4.78, 5) is 11.5. The van der Waals surface area contributed by atoms with Gasteiger partial charge in [0.05, 0.1) is 17.2 Å². The molecule has 4 heteroatoms. The van der Waals surface area contributed by atoms with Crippen molar-refractivity contribution in [3.8, 4) is 0 Å². The van der Waals surface area contributed by atoms with Gasteiger partial charge < -0.3 is 4.74 Å². The van der Waals surface area contributed by atoms with Crippen molar-refractivity contribution in [1.82, 2.24) is 0 Å². The first kappa shape index (κ1) is 12.5. The van der Waals surface area contributed by atoms with Crippen LogP contribution in [0.4, 0.5) is 0 Å². The van der Waals surface area contributed by atoms with E-state index in [0.29, 0.717) is 22.5 Å². The van der Waals surface area contributed by atoms with Gasteiger partial charge in [-0.1, -0.05) is 27.5 Å². The minimum absolute atomic E-state index is 0.354. The molecule has 0 fully saturated rings. The number of esters is 1. The summed E-state index contributed by atoms with van der Waals surface area (Å²) in [5.41, 5.74) is 2.53. The van der Waals surface area contributed by atoms with E-state index in [1.807, 2.05) is 6.92 Å². The fraction of sp³-hybridized carbons (Fsp3) is 0.364. The van der Waals surface area contributed by atoms with Crippen molar-refractivity contribution < 1.29 is 9.53 Å². The van der Waals surface area contributed by atoms with E-state index in [2.05, 4.69) is 15.9 Å². The molecule has 0 saturated carbocycles. The average Bonchev–Trinajstić information content (AvgIpc) is 2.18. The van der Waals surface area contributed by atoms with Gasteiger partial charge in [0.2, 0.25) is 0 Å². The Bertz CT molecular complexity index is 377. The summed E-state index contributed by atoms with van der Waals surface area (Å²) in [5, 5.41) is 1.14. The summed E-state index contributed by atoms with van der Waals surface area (Å²) in [7, 11) is 0. The molecule has 0 amide bonds. The first-order chi connectivity index (χ1) is 7.10. The van der Waals surface area contributed by atoms with Crippen LogP contribution in [0.1, 0.15) is 28.4 Å². The molecular weight excluding hydrogens is 279 g/mol. The molecule has 0 N–H and O–H groups in total. The van der Waals surface area contributed by atoms with Crippen molar-refractivity contribution in [2.45, 2.75) is 19.2 Å². The predicted octanol–water partition coefficient (Wildman–Crippen LogP) is 3.72. The van der Waals surface area contributed by atoms with Crippen LogP contribution >= 0.6 is 27.5 Å². The fourth-order valence-corrected chi connectivity index (χ4v) is 2.13. The predicted molar refractivity (Wildman–Crippen MR) is 64.8 cm³/mol. The minimum Gasteiger partial charge on any atom is -0.462 e. The van der Waals surface area contributed by atoms with E-state index < -0.39 is 0 Å². The van der Waals surface area contributed by atoms with Crippen molar-refractivity contribution in [2.24, 2.45) is 0 Å². The lowest BCUT2D eigenvalue weighted by Gasteiger charge is -2.08. The fourth-order valence-electron chi connectivity index (χ4n) is 1.23. The maximum absolute atomic E-state index is 11.5. The van der Waals surface area contributed by atoms with Gasteiger partial charge in [0.15, 0.2) is 0 Å². The Hall–Kier alpha value is -0.540. The maximum atomic E-state index is 11.5. The lowest BCUT2D eigenvalue weighted by Crippen LogP contribution is -2.06. The molecule has 15 heavy (non-hydrogen) atoms. The van der Waals surface area contributed by atoms with Crippen molar-refractivity contribution in [2.75, 3.05) is 6.61 Å². The largest absolute Gasteiger partial charge is 0.462 e. The summed E-state index contributed by atoms with van der Waals surface area (Å²) in [5.74, 6) is -0.371. The van der Waals surface area contributed by atoms with E-state index in [1.165, 1.54) is 0 Å². The number of ether oxygens (including phenoxy) is 1. The summed E-state index contributed by atoms with van der Waals surface area (Å²) in [6, 6.07) is 3.55. The zero-order chi connectivity index (χ0) is 11.4. The van der Waals surface area contributed by atoms with Crippen molar-refractivity contribution in [3.05, 3.63) is 33.8 Å². The molecule has 0 bridgehead atoms. The number of rotatable bonds is 3. The molecular formula is C11H12BrClO2. The second kappa shape index (κ2) is 5.52. The van der Waals surface area contributed by atoms with Crippen LogP contribution in [0.25, 0.3) is 0 Å². The zero-order valence-electron chi connectivity index (χ0n) is 8.64. The van der Waals surface area contributed by atoms with Crippen LogP contribution in [-0.4, -0.2) is 12.6 Å². The van der Waals surface area contributed by atoms with E-state index >= 15 is 0 Å². The molecule has 0 aliphatic carbocycles. The lowest BCUT2D eigenvalue weighted by molar-refractivity contribution is 0.0526. The van der Waals surface area contributed by atoms with E-state index in [1.54, 1.807) is 19.1 Å². The monoisotopic (exact) mass is 290 g/mol. The van der Waals surface area contributed by atoms with Crippen LogP contribution in [0, 0.1) is 6.92 Å². The normalized spacial score (nSPS) is 10.1. The number of carbonyl (C=O) groups is 1. The van der Waals surface area contributed by atoms with Gasteiger partial charge in [-0.2, -0.15) is 0 Å². The topological polar surface area (TPSA) is 26.3 Å². The number of carbonyl (C=O) groups excluding carboxylic acids is 1. The van der Waals surface area contributed by atoms with E-state index in [9.17, 15) is 4.79 Å². The van der Waals surface area contributed by atoms with Crippen molar-refractivity contribution in [3.63, 3.8) is 0 Å². The molecule has 0 saturated heterocycles. The summed E-state index contributed by atoms with van der Waals surface area (Å²) in [6.07, 6.45) is 0. The molecule has 0 atom stereocenters. The molecule has 82 valence electrons. The second-order valence-electron chi connectivity index (χ2n) is 3.11. The third-order valence-electron chi connectivity index (χ3n) is 2.06. The first-order valence-electron chi connectivity index (χ1n) is 4.62. The quantitative estimate of drug-likeness (QED) is 0.627. The van der Waals surface area contributed by atoms with Crippen LogP contribution in [0.2, 0.25) is 5.02 Å². The van der Waals surface area contributed by atoms with Gasteiger partial charge in [-0.25, -0.2) is 4.79 Å². The Morgan fingerprint density at radius 2 is 2.20 bits per heavy atom. The van der Waals surface area contributed by atoms with Gasteiger partial charge in [0, 0.05) is 5.33 Å². The zero-order valence-corrected chi connectivity index (χ0v) is 11.0. The number of hydrogen-bond acceptors (Lipinski definition) is 2. The van der Waals surface area contributed by atoms with Crippen LogP contribution in [0.5, 0.6) is 0 Å². The highest BCUT2D eigenvalue weighted by Gasteiger charge is 2.13. The Kier molecular flexibility index (Phi) is 4.61. The molecule has 2 nitrogen and oxygen atoms in total. The van der Waals surface area contributed by atoms with Gasteiger partial charge in [-0.15, -0.1) is 0 Å². The number of benzene rings is 1. The smallest absolute Gasteiger partial charge is 0.339 e. The molecule has 0 heterocycles. The summed E-state index contributed by atoms with van der Waals surface area (Å²) in [6.45, 7) is 4.08. The van der Waals surface area contributed by atoms with Crippen LogP contribution < -0.4 is 0 Å². The number of aryl methyl sites for hydroxylation is 1. The standard InChI is InChI=1S/C11H12BrClO2/c1-3-15-11(14)9-5-8(6-12)7(2)4-10(9)13/h4-5H,3,6H2,1-2H3.